The Balaban J connectivity index is 2.04. The van der Waals surface area contributed by atoms with Gasteiger partial charge in [0.1, 0.15) is 6.33 Å². The first-order valence-corrected chi connectivity index (χ1v) is 7.13. The molecule has 0 saturated heterocycles. The molecule has 1 heterocycles. The number of benzene rings is 1. The zero-order chi connectivity index (χ0) is 13.0. The number of hydrogen-bond acceptors (Lipinski definition) is 4. The number of H-pyrrole nitrogens is 1. The number of nitrogens with zero attached hydrogens (tertiary/aromatic N) is 2. The van der Waals surface area contributed by atoms with Gasteiger partial charge in [-0.25, -0.2) is 13.5 Å². The van der Waals surface area contributed by atoms with E-state index in [9.17, 15) is 8.42 Å². The Hall–Kier alpha value is -1.89. The summed E-state index contributed by atoms with van der Waals surface area (Å²) in [5.41, 5.74) is 0.987. The van der Waals surface area contributed by atoms with Crippen LogP contribution in [0.25, 0.3) is 0 Å². The molecule has 0 radical (unpaired) electrons. The maximum Gasteiger partial charge on any atom is 0.235 e. The van der Waals surface area contributed by atoms with E-state index in [4.69, 9.17) is 0 Å². The van der Waals surface area contributed by atoms with E-state index in [1.807, 2.05) is 37.3 Å². The fourth-order valence-corrected chi connectivity index (χ4v) is 2.98. The Kier molecular flexibility index (Phi) is 3.61. The van der Waals surface area contributed by atoms with Crippen LogP contribution in [0.3, 0.4) is 0 Å². The van der Waals surface area contributed by atoms with E-state index in [-0.39, 0.29) is 17.6 Å². The summed E-state index contributed by atoms with van der Waals surface area (Å²) in [6, 6.07) is 9.51. The van der Waals surface area contributed by atoms with Crippen molar-refractivity contribution in [2.45, 2.75) is 12.8 Å². The lowest BCUT2D eigenvalue weighted by Gasteiger charge is -2.12. The molecule has 2 N–H and O–H groups in total. The van der Waals surface area contributed by atoms with Crippen molar-refractivity contribution in [2.75, 3.05) is 10.5 Å². The summed E-state index contributed by atoms with van der Waals surface area (Å²) in [6.07, 6.45) is 1.25. The van der Waals surface area contributed by atoms with Gasteiger partial charge in [-0.2, -0.15) is 10.1 Å². The molecular weight excluding hydrogens is 252 g/mol. The topological polar surface area (TPSA) is 87.7 Å². The number of hydrogen-bond donors (Lipinski definition) is 2. The number of nitrogens with one attached hydrogen (secondary N) is 2. The fraction of sp³-hybridized carbons (Fsp3) is 0.273. The minimum absolute atomic E-state index is 0.00227. The Labute approximate surface area is 106 Å². The SMILES string of the molecule is CC(CS(=O)(=O)Nc1ncn[nH]1)c1ccccc1. The van der Waals surface area contributed by atoms with Crippen LogP contribution in [0.5, 0.6) is 0 Å². The number of aromatic amines is 1. The highest BCUT2D eigenvalue weighted by atomic mass is 32.2. The molecule has 0 aliphatic rings. The summed E-state index contributed by atoms with van der Waals surface area (Å²) < 4.78 is 26.1. The maximum absolute atomic E-state index is 11.9. The quantitative estimate of drug-likeness (QED) is 0.855. The molecule has 18 heavy (non-hydrogen) atoms. The Morgan fingerprint density at radius 1 is 1.33 bits per heavy atom. The number of rotatable bonds is 5. The average molecular weight is 266 g/mol. The third-order valence-electron chi connectivity index (χ3n) is 2.51. The standard InChI is InChI=1S/C11H14N4O2S/c1-9(10-5-3-2-4-6-10)7-18(16,17)15-11-12-8-13-14-11/h2-6,8-9H,7H2,1H3,(H2,12,13,14,15). The van der Waals surface area contributed by atoms with Gasteiger partial charge in [-0.05, 0) is 11.5 Å². The van der Waals surface area contributed by atoms with E-state index in [0.717, 1.165) is 5.56 Å². The molecule has 1 aromatic heterocycles. The maximum atomic E-state index is 11.9. The van der Waals surface area contributed by atoms with E-state index >= 15 is 0 Å². The predicted molar refractivity (Wildman–Crippen MR) is 68.6 cm³/mol. The third-order valence-corrected chi connectivity index (χ3v) is 3.95. The van der Waals surface area contributed by atoms with Crippen LogP contribution in [0.1, 0.15) is 18.4 Å². The lowest BCUT2D eigenvalue weighted by atomic mass is 10.0. The van der Waals surface area contributed by atoms with Gasteiger partial charge in [-0.15, -0.1) is 0 Å². The molecule has 2 rings (SSSR count). The van der Waals surface area contributed by atoms with Crippen molar-refractivity contribution in [1.82, 2.24) is 15.2 Å². The third kappa shape index (κ3) is 3.30. The molecule has 0 amide bonds. The summed E-state index contributed by atoms with van der Waals surface area (Å²) in [5.74, 6) is 0.0411. The van der Waals surface area contributed by atoms with Gasteiger partial charge in [0.05, 0.1) is 5.75 Å². The smallest absolute Gasteiger partial charge is 0.235 e. The number of anilines is 1. The molecule has 2 aromatic rings. The Morgan fingerprint density at radius 3 is 2.67 bits per heavy atom. The second-order valence-electron chi connectivity index (χ2n) is 4.03. The lowest BCUT2D eigenvalue weighted by Crippen LogP contribution is -2.21. The zero-order valence-corrected chi connectivity index (χ0v) is 10.7. The van der Waals surface area contributed by atoms with Gasteiger partial charge in [0.15, 0.2) is 0 Å². The van der Waals surface area contributed by atoms with Crippen molar-refractivity contribution in [3.63, 3.8) is 0 Å². The van der Waals surface area contributed by atoms with Crippen LogP contribution in [0.2, 0.25) is 0 Å². The van der Waals surface area contributed by atoms with Gasteiger partial charge in [0.2, 0.25) is 16.0 Å². The molecule has 96 valence electrons. The summed E-state index contributed by atoms with van der Waals surface area (Å²) in [5, 5.41) is 6.04. The van der Waals surface area contributed by atoms with Crippen LogP contribution < -0.4 is 4.72 Å². The minimum atomic E-state index is -3.44. The van der Waals surface area contributed by atoms with Crippen molar-refractivity contribution in [3.05, 3.63) is 42.2 Å². The van der Waals surface area contributed by atoms with Gasteiger partial charge in [0, 0.05) is 0 Å². The summed E-state index contributed by atoms with van der Waals surface area (Å²) in [7, 11) is -3.44. The van der Waals surface area contributed by atoms with E-state index in [1.54, 1.807) is 0 Å². The number of sulfonamides is 1. The Morgan fingerprint density at radius 2 is 2.06 bits per heavy atom. The molecule has 1 atom stereocenters. The van der Waals surface area contributed by atoms with E-state index in [0.29, 0.717) is 0 Å². The molecule has 0 aliphatic carbocycles. The van der Waals surface area contributed by atoms with Gasteiger partial charge in [0.25, 0.3) is 0 Å². The van der Waals surface area contributed by atoms with Gasteiger partial charge < -0.3 is 0 Å². The van der Waals surface area contributed by atoms with Crippen LogP contribution in [0, 0.1) is 0 Å². The second-order valence-corrected chi connectivity index (χ2v) is 5.80. The van der Waals surface area contributed by atoms with Gasteiger partial charge in [-0.3, -0.25) is 4.72 Å². The van der Waals surface area contributed by atoms with Crippen LogP contribution >= 0.6 is 0 Å². The van der Waals surface area contributed by atoms with E-state index in [1.165, 1.54) is 6.33 Å². The second kappa shape index (κ2) is 5.18. The highest BCUT2D eigenvalue weighted by Gasteiger charge is 2.17. The first-order valence-electron chi connectivity index (χ1n) is 5.47. The molecule has 0 saturated carbocycles. The molecule has 0 bridgehead atoms. The molecule has 1 aromatic carbocycles. The van der Waals surface area contributed by atoms with Gasteiger partial charge in [-0.1, -0.05) is 37.3 Å². The highest BCUT2D eigenvalue weighted by molar-refractivity contribution is 7.92. The van der Waals surface area contributed by atoms with E-state index < -0.39 is 10.0 Å². The van der Waals surface area contributed by atoms with Crippen LogP contribution in [-0.2, 0) is 10.0 Å². The van der Waals surface area contributed by atoms with Crippen molar-refractivity contribution in [2.24, 2.45) is 0 Å². The predicted octanol–water partition coefficient (Wildman–Crippen LogP) is 1.35. The largest absolute Gasteiger partial charge is 0.252 e. The van der Waals surface area contributed by atoms with Crippen molar-refractivity contribution in [1.29, 1.82) is 0 Å². The molecule has 0 aliphatic heterocycles. The Bertz CT molecular complexity index is 581. The molecule has 7 heteroatoms. The number of aromatic nitrogens is 3. The summed E-state index contributed by atoms with van der Waals surface area (Å²) in [4.78, 5) is 3.72. The first-order chi connectivity index (χ1) is 8.57. The summed E-state index contributed by atoms with van der Waals surface area (Å²) >= 11 is 0. The molecule has 0 spiro atoms. The summed E-state index contributed by atoms with van der Waals surface area (Å²) in [6.45, 7) is 1.87. The van der Waals surface area contributed by atoms with Crippen LogP contribution in [0.15, 0.2) is 36.7 Å². The van der Waals surface area contributed by atoms with Gasteiger partial charge >= 0.3 is 0 Å². The molecule has 6 nitrogen and oxygen atoms in total. The monoisotopic (exact) mass is 266 g/mol. The molecule has 0 fully saturated rings. The van der Waals surface area contributed by atoms with Crippen LogP contribution in [-0.4, -0.2) is 29.4 Å². The normalized spacial score (nSPS) is 13.2. The molecular formula is C11H14N4O2S. The first kappa shape index (κ1) is 12.6. The highest BCUT2D eigenvalue weighted by Crippen LogP contribution is 2.17. The fourth-order valence-electron chi connectivity index (χ4n) is 1.65. The minimum Gasteiger partial charge on any atom is -0.252 e. The zero-order valence-electron chi connectivity index (χ0n) is 9.87. The van der Waals surface area contributed by atoms with Crippen LogP contribution in [0.4, 0.5) is 5.95 Å². The van der Waals surface area contributed by atoms with Crippen molar-refractivity contribution < 1.29 is 8.42 Å². The van der Waals surface area contributed by atoms with Crippen molar-refractivity contribution in [3.8, 4) is 0 Å². The molecule has 1 unspecified atom stereocenters. The lowest BCUT2D eigenvalue weighted by molar-refractivity contribution is 0.595. The van der Waals surface area contributed by atoms with E-state index in [2.05, 4.69) is 19.9 Å². The van der Waals surface area contributed by atoms with Crippen molar-refractivity contribution >= 4 is 16.0 Å². The average Bonchev–Trinajstić information content (AvgIpc) is 2.81.